The Labute approximate surface area is 130 Å². The molecule has 0 saturated carbocycles. The molecular weight excluding hydrogens is 413 g/mol. The third-order valence-electron chi connectivity index (χ3n) is 2.76. The average molecular weight is 442 g/mol. The van der Waals surface area contributed by atoms with Gasteiger partial charge in [0.1, 0.15) is 0 Å². The van der Waals surface area contributed by atoms with E-state index in [1.54, 1.807) is 0 Å². The molecule has 0 spiro atoms. The molecule has 18 heavy (non-hydrogen) atoms. The minimum atomic E-state index is 0.566. The Hall–Kier alpha value is -0.0579. The molecule has 0 heterocycles. The SMILES string of the molecule is C=C(/C=C/C=C/CCCCCCC)NC(C)[CH2][Pb]. The summed E-state index contributed by atoms with van der Waals surface area (Å²) in [5.41, 5.74) is 1.02. The summed E-state index contributed by atoms with van der Waals surface area (Å²) in [4.78, 5) is 0. The van der Waals surface area contributed by atoms with E-state index in [0.717, 1.165) is 5.70 Å². The molecule has 1 N–H and O–H groups in total. The van der Waals surface area contributed by atoms with Crippen LogP contribution in [0, 0.1) is 0 Å². The van der Waals surface area contributed by atoms with Crippen molar-refractivity contribution in [3.8, 4) is 0 Å². The summed E-state index contributed by atoms with van der Waals surface area (Å²) in [6, 6.07) is 0.566. The van der Waals surface area contributed by atoms with Crippen molar-refractivity contribution >= 4 is 25.8 Å². The van der Waals surface area contributed by atoms with Crippen molar-refractivity contribution in [2.24, 2.45) is 0 Å². The molecule has 2 heteroatoms. The summed E-state index contributed by atoms with van der Waals surface area (Å²) in [7, 11) is 0. The van der Waals surface area contributed by atoms with Gasteiger partial charge in [0, 0.05) is 0 Å². The van der Waals surface area contributed by atoms with Crippen molar-refractivity contribution in [3.63, 3.8) is 0 Å². The van der Waals surface area contributed by atoms with Crippen molar-refractivity contribution in [2.75, 3.05) is 0 Å². The normalized spacial score (nSPS) is 13.3. The maximum atomic E-state index is 3.99. The molecule has 1 unspecified atom stereocenters. The van der Waals surface area contributed by atoms with Crippen LogP contribution in [0.25, 0.3) is 0 Å². The van der Waals surface area contributed by atoms with Gasteiger partial charge in [-0.05, 0) is 0 Å². The molecule has 0 aromatic rings. The fourth-order valence-electron chi connectivity index (χ4n) is 1.63. The molecule has 0 aliphatic heterocycles. The van der Waals surface area contributed by atoms with Crippen LogP contribution in [0.1, 0.15) is 52.4 Å². The van der Waals surface area contributed by atoms with Crippen LogP contribution in [0.2, 0.25) is 3.98 Å². The molecule has 101 valence electrons. The molecule has 0 bridgehead atoms. The standard InChI is InChI=1S/C16H28N.Pb/c1-5-6-7-8-9-10-11-12-13-14-16(4)17-15(2)3;/h11-15,17H,2,4-10H2,1,3H3;/b12-11+,14-13+;. The molecule has 0 aromatic carbocycles. The van der Waals surface area contributed by atoms with Gasteiger partial charge in [-0.3, -0.25) is 0 Å². The second-order valence-corrected chi connectivity index (χ2v) is 6.35. The fourth-order valence-corrected chi connectivity index (χ4v) is 2.02. The molecule has 0 aliphatic carbocycles. The number of hydrogen-bond donors (Lipinski definition) is 1. The van der Waals surface area contributed by atoms with E-state index in [4.69, 9.17) is 0 Å². The third kappa shape index (κ3) is 12.4. The molecule has 1 nitrogen and oxygen atoms in total. The first-order valence-electron chi connectivity index (χ1n) is 7.14. The molecule has 1 atom stereocenters. The predicted molar refractivity (Wildman–Crippen MR) is 84.0 cm³/mol. The number of allylic oxidation sites excluding steroid dienone is 4. The molecular formula is C16H28NPb. The Kier molecular flexibility index (Phi) is 13.3. The number of rotatable bonds is 11. The molecule has 0 saturated heterocycles. The second-order valence-electron chi connectivity index (χ2n) is 4.76. The van der Waals surface area contributed by atoms with Crippen LogP contribution >= 0.6 is 0 Å². The van der Waals surface area contributed by atoms with Gasteiger partial charge in [0.25, 0.3) is 0 Å². The van der Waals surface area contributed by atoms with E-state index >= 15 is 0 Å². The first-order chi connectivity index (χ1) is 8.70. The minimum absolute atomic E-state index is 0.566. The van der Waals surface area contributed by atoms with Gasteiger partial charge < -0.3 is 0 Å². The summed E-state index contributed by atoms with van der Waals surface area (Å²) < 4.78 is 1.26. The first kappa shape index (κ1) is 17.9. The monoisotopic (exact) mass is 442 g/mol. The molecule has 0 fully saturated rings. The Morgan fingerprint density at radius 1 is 1.22 bits per heavy atom. The van der Waals surface area contributed by atoms with E-state index in [-0.39, 0.29) is 0 Å². The quantitative estimate of drug-likeness (QED) is 0.282. The Morgan fingerprint density at radius 2 is 1.94 bits per heavy atom. The van der Waals surface area contributed by atoms with Gasteiger partial charge in [-0.15, -0.1) is 0 Å². The number of nitrogens with one attached hydrogen (secondary N) is 1. The van der Waals surface area contributed by atoms with Crippen LogP contribution in [-0.2, 0) is 0 Å². The Bertz CT molecular complexity index is 256. The van der Waals surface area contributed by atoms with Crippen molar-refractivity contribution < 1.29 is 0 Å². The van der Waals surface area contributed by atoms with Crippen LogP contribution in [-0.4, -0.2) is 31.8 Å². The van der Waals surface area contributed by atoms with Crippen LogP contribution < -0.4 is 5.32 Å². The maximum absolute atomic E-state index is 3.99. The van der Waals surface area contributed by atoms with Crippen LogP contribution in [0.15, 0.2) is 36.6 Å². The number of hydrogen-bond acceptors (Lipinski definition) is 1. The van der Waals surface area contributed by atoms with Crippen LogP contribution in [0.4, 0.5) is 0 Å². The number of unbranched alkanes of at least 4 members (excludes halogenated alkanes) is 5. The summed E-state index contributed by atoms with van der Waals surface area (Å²) in [5, 5.41) is 3.37. The Morgan fingerprint density at radius 3 is 2.61 bits per heavy atom. The van der Waals surface area contributed by atoms with E-state index in [0.29, 0.717) is 6.04 Å². The van der Waals surface area contributed by atoms with Crippen molar-refractivity contribution in [1.29, 1.82) is 0 Å². The summed E-state index contributed by atoms with van der Waals surface area (Å²) in [5.74, 6) is 0. The van der Waals surface area contributed by atoms with Gasteiger partial charge >= 0.3 is 110 Å². The zero-order chi connectivity index (χ0) is 13.6. The average Bonchev–Trinajstić information content (AvgIpc) is 2.36. The van der Waals surface area contributed by atoms with Crippen LogP contribution in [0.5, 0.6) is 0 Å². The van der Waals surface area contributed by atoms with E-state index in [9.17, 15) is 0 Å². The molecule has 3 radical (unpaired) electrons. The fraction of sp³-hybridized carbons (Fsp3) is 0.625. The third-order valence-corrected chi connectivity index (χ3v) is 5.14. The van der Waals surface area contributed by atoms with Gasteiger partial charge in [0.15, 0.2) is 0 Å². The van der Waals surface area contributed by atoms with E-state index in [1.165, 1.54) is 68.3 Å². The molecule has 0 rings (SSSR count). The van der Waals surface area contributed by atoms with Crippen LogP contribution in [0.3, 0.4) is 0 Å². The van der Waals surface area contributed by atoms with Gasteiger partial charge in [0.05, 0.1) is 0 Å². The van der Waals surface area contributed by atoms with Crippen molar-refractivity contribution in [2.45, 2.75) is 62.4 Å². The van der Waals surface area contributed by atoms with E-state index in [1.807, 2.05) is 0 Å². The summed E-state index contributed by atoms with van der Waals surface area (Å²) in [6.45, 7) is 8.46. The molecule has 0 aliphatic rings. The van der Waals surface area contributed by atoms with Gasteiger partial charge in [0.2, 0.25) is 0 Å². The topological polar surface area (TPSA) is 12.0 Å². The zero-order valence-electron chi connectivity index (χ0n) is 12.0. The molecule has 0 aromatic heterocycles. The van der Waals surface area contributed by atoms with E-state index < -0.39 is 0 Å². The second kappa shape index (κ2) is 13.4. The van der Waals surface area contributed by atoms with E-state index in [2.05, 4.69) is 50.0 Å². The molecule has 0 amide bonds. The summed E-state index contributed by atoms with van der Waals surface area (Å²) in [6.07, 6.45) is 16.5. The summed E-state index contributed by atoms with van der Waals surface area (Å²) >= 11 is 1.24. The first-order valence-corrected chi connectivity index (χ1v) is 9.88. The van der Waals surface area contributed by atoms with Gasteiger partial charge in [-0.1, -0.05) is 19.8 Å². The van der Waals surface area contributed by atoms with Gasteiger partial charge in [-0.2, -0.15) is 0 Å². The van der Waals surface area contributed by atoms with Gasteiger partial charge in [-0.25, -0.2) is 0 Å². The Balaban J connectivity index is 3.53. The zero-order valence-corrected chi connectivity index (χ0v) is 15.9. The predicted octanol–water partition coefficient (Wildman–Crippen LogP) is 4.54. The van der Waals surface area contributed by atoms with Crippen molar-refractivity contribution in [3.05, 3.63) is 36.6 Å². The van der Waals surface area contributed by atoms with Crippen molar-refractivity contribution in [1.82, 2.24) is 5.32 Å².